The van der Waals surface area contributed by atoms with E-state index in [-0.39, 0.29) is 24.2 Å². The standard InChI is InChI=1S/C26H29FN4O4/c1-34-25-5-4-21-26(30-25)18(19(27)14-28-21)8-11-31-9-6-17(7-10-31)22(32)12-16-2-3-20-23(13-16)35-15-24(33)29-20/h2-5,13-14,17,22,32H,6-12,15H2,1H3,(H,29,33). The van der Waals surface area contributed by atoms with Crippen LogP contribution in [-0.2, 0) is 17.6 Å². The van der Waals surface area contributed by atoms with Gasteiger partial charge in [0.1, 0.15) is 11.6 Å². The molecule has 0 radical (unpaired) electrons. The van der Waals surface area contributed by atoms with Crippen molar-refractivity contribution in [1.82, 2.24) is 14.9 Å². The van der Waals surface area contributed by atoms with Crippen molar-refractivity contribution < 1.29 is 23.8 Å². The highest BCUT2D eigenvalue weighted by Gasteiger charge is 2.26. The SMILES string of the molecule is COc1ccc2ncc(F)c(CCN3CCC(C(O)Cc4ccc5c(c4)OCC(=O)N5)CC3)c2n1. The Morgan fingerprint density at radius 1 is 1.29 bits per heavy atom. The molecule has 0 aliphatic carbocycles. The Labute approximate surface area is 203 Å². The van der Waals surface area contributed by atoms with Crippen LogP contribution in [0.2, 0.25) is 0 Å². The van der Waals surface area contributed by atoms with Crippen LogP contribution in [-0.4, -0.2) is 65.3 Å². The predicted octanol–water partition coefficient (Wildman–Crippen LogP) is 2.97. The third kappa shape index (κ3) is 5.21. The maximum atomic E-state index is 14.6. The zero-order valence-electron chi connectivity index (χ0n) is 19.7. The van der Waals surface area contributed by atoms with Crippen LogP contribution in [0.15, 0.2) is 36.5 Å². The van der Waals surface area contributed by atoms with Gasteiger partial charge in [-0.05, 0) is 68.5 Å². The first-order valence-electron chi connectivity index (χ1n) is 11.9. The minimum absolute atomic E-state index is 0.0141. The lowest BCUT2D eigenvalue weighted by molar-refractivity contribution is -0.118. The number of anilines is 1. The Hall–Kier alpha value is -3.30. The minimum atomic E-state index is -0.452. The Morgan fingerprint density at radius 3 is 2.91 bits per heavy atom. The van der Waals surface area contributed by atoms with Crippen LogP contribution in [0.1, 0.15) is 24.0 Å². The molecule has 1 amide bonds. The molecule has 2 aromatic heterocycles. The van der Waals surface area contributed by atoms with E-state index in [9.17, 15) is 14.3 Å². The second-order valence-electron chi connectivity index (χ2n) is 9.17. The molecule has 0 saturated carbocycles. The van der Waals surface area contributed by atoms with E-state index in [0.29, 0.717) is 53.3 Å². The largest absolute Gasteiger partial charge is 0.482 e. The number of likely N-dealkylation sites (tertiary alicyclic amines) is 1. The van der Waals surface area contributed by atoms with E-state index in [1.54, 1.807) is 12.1 Å². The number of nitrogens with one attached hydrogen (secondary N) is 1. The van der Waals surface area contributed by atoms with E-state index in [0.717, 1.165) is 31.5 Å². The third-order valence-electron chi connectivity index (χ3n) is 6.93. The lowest BCUT2D eigenvalue weighted by Crippen LogP contribution is -2.39. The van der Waals surface area contributed by atoms with Crippen molar-refractivity contribution in [3.63, 3.8) is 0 Å². The summed E-state index contributed by atoms with van der Waals surface area (Å²) in [5, 5.41) is 13.6. The van der Waals surface area contributed by atoms with Gasteiger partial charge in [0.05, 0.1) is 36.1 Å². The summed E-state index contributed by atoms with van der Waals surface area (Å²) in [7, 11) is 1.54. The number of carbonyl (C=O) groups excluding carboxylic acids is 1. The molecule has 1 fully saturated rings. The van der Waals surface area contributed by atoms with Crippen LogP contribution in [0.3, 0.4) is 0 Å². The summed E-state index contributed by atoms with van der Waals surface area (Å²) in [5.74, 6) is 0.778. The van der Waals surface area contributed by atoms with Crippen molar-refractivity contribution in [2.24, 2.45) is 5.92 Å². The van der Waals surface area contributed by atoms with E-state index in [1.165, 1.54) is 13.3 Å². The number of ether oxygens (including phenoxy) is 2. The molecule has 0 spiro atoms. The average molecular weight is 481 g/mol. The number of nitrogens with zero attached hydrogens (tertiary/aromatic N) is 3. The number of rotatable bonds is 7. The summed E-state index contributed by atoms with van der Waals surface area (Å²) < 4.78 is 25.3. The number of carbonyl (C=O) groups is 1. The Balaban J connectivity index is 1.16. The normalized spacial score (nSPS) is 17.5. The highest BCUT2D eigenvalue weighted by Crippen LogP contribution is 2.30. The van der Waals surface area contributed by atoms with Crippen molar-refractivity contribution >= 4 is 22.6 Å². The highest BCUT2D eigenvalue weighted by molar-refractivity contribution is 5.95. The maximum Gasteiger partial charge on any atom is 0.262 e. The molecule has 1 saturated heterocycles. The lowest BCUT2D eigenvalue weighted by atomic mass is 9.87. The predicted molar refractivity (Wildman–Crippen MR) is 129 cm³/mol. The molecule has 184 valence electrons. The van der Waals surface area contributed by atoms with Crippen LogP contribution in [0.5, 0.6) is 11.6 Å². The number of halogens is 1. The van der Waals surface area contributed by atoms with Crippen molar-refractivity contribution in [2.45, 2.75) is 31.8 Å². The van der Waals surface area contributed by atoms with Crippen LogP contribution in [0.25, 0.3) is 11.0 Å². The molecule has 8 nitrogen and oxygen atoms in total. The number of amides is 1. The Bertz CT molecular complexity index is 1230. The van der Waals surface area contributed by atoms with E-state index in [4.69, 9.17) is 9.47 Å². The monoisotopic (exact) mass is 480 g/mol. The topological polar surface area (TPSA) is 96.8 Å². The van der Waals surface area contributed by atoms with Gasteiger partial charge in [-0.3, -0.25) is 9.78 Å². The zero-order chi connectivity index (χ0) is 24.4. The molecule has 0 bridgehead atoms. The molecule has 2 N–H and O–H groups in total. The highest BCUT2D eigenvalue weighted by atomic mass is 19.1. The Morgan fingerprint density at radius 2 is 2.11 bits per heavy atom. The number of hydrogen-bond donors (Lipinski definition) is 2. The van der Waals surface area contributed by atoms with E-state index in [2.05, 4.69) is 20.2 Å². The van der Waals surface area contributed by atoms with Gasteiger partial charge in [0.2, 0.25) is 5.88 Å². The van der Waals surface area contributed by atoms with Crippen LogP contribution < -0.4 is 14.8 Å². The van der Waals surface area contributed by atoms with Crippen LogP contribution >= 0.6 is 0 Å². The first-order chi connectivity index (χ1) is 17.0. The van der Waals surface area contributed by atoms with E-state index < -0.39 is 6.10 Å². The van der Waals surface area contributed by atoms with Crippen molar-refractivity contribution in [1.29, 1.82) is 0 Å². The summed E-state index contributed by atoms with van der Waals surface area (Å²) in [5.41, 5.74) is 3.40. The summed E-state index contributed by atoms with van der Waals surface area (Å²) in [6.45, 7) is 2.43. The number of aliphatic hydroxyl groups is 1. The molecule has 3 aromatic rings. The fourth-order valence-electron chi connectivity index (χ4n) is 4.91. The molecule has 2 aliphatic heterocycles. The lowest BCUT2D eigenvalue weighted by Gasteiger charge is -2.34. The summed E-state index contributed by atoms with van der Waals surface area (Å²) in [6, 6.07) is 9.15. The molecule has 35 heavy (non-hydrogen) atoms. The number of pyridine rings is 2. The van der Waals surface area contributed by atoms with Crippen molar-refractivity contribution in [3.8, 4) is 11.6 Å². The van der Waals surface area contributed by atoms with Gasteiger partial charge < -0.3 is 24.8 Å². The molecular weight excluding hydrogens is 451 g/mol. The molecular formula is C26H29FN4O4. The Kier molecular flexibility index (Phi) is 6.79. The molecule has 5 rings (SSSR count). The van der Waals surface area contributed by atoms with Crippen LogP contribution in [0, 0.1) is 11.7 Å². The van der Waals surface area contributed by atoms with E-state index in [1.807, 2.05) is 18.2 Å². The van der Waals surface area contributed by atoms with Crippen LogP contribution in [0.4, 0.5) is 10.1 Å². The molecule has 1 atom stereocenters. The number of benzene rings is 1. The van der Waals surface area contributed by atoms with Gasteiger partial charge in [-0.1, -0.05) is 6.07 Å². The van der Waals surface area contributed by atoms with E-state index >= 15 is 0 Å². The van der Waals surface area contributed by atoms with Gasteiger partial charge in [0, 0.05) is 18.2 Å². The summed E-state index contributed by atoms with van der Waals surface area (Å²) in [4.78, 5) is 22.3. The fraction of sp³-hybridized carbons (Fsp3) is 0.423. The molecule has 4 heterocycles. The zero-order valence-corrected chi connectivity index (χ0v) is 19.7. The quantitative estimate of drug-likeness (QED) is 0.537. The number of hydrogen-bond acceptors (Lipinski definition) is 7. The number of aliphatic hydroxyl groups excluding tert-OH is 1. The maximum absolute atomic E-state index is 14.6. The fourth-order valence-corrected chi connectivity index (χ4v) is 4.91. The number of piperidine rings is 1. The van der Waals surface area contributed by atoms with Crippen molar-refractivity contribution in [2.75, 3.05) is 38.7 Å². The molecule has 9 heteroatoms. The second-order valence-corrected chi connectivity index (χ2v) is 9.17. The van der Waals surface area contributed by atoms with Gasteiger partial charge in [0.15, 0.2) is 6.61 Å². The molecule has 2 aliphatic rings. The average Bonchev–Trinajstić information content (AvgIpc) is 2.88. The van der Waals surface area contributed by atoms with Gasteiger partial charge in [0.25, 0.3) is 5.91 Å². The van der Waals surface area contributed by atoms with Gasteiger partial charge in [-0.25, -0.2) is 9.37 Å². The minimum Gasteiger partial charge on any atom is -0.482 e. The molecule has 1 aromatic carbocycles. The summed E-state index contributed by atoms with van der Waals surface area (Å²) in [6.07, 6.45) is 3.63. The third-order valence-corrected chi connectivity index (χ3v) is 6.93. The molecule has 1 unspecified atom stereocenters. The smallest absolute Gasteiger partial charge is 0.262 e. The van der Waals surface area contributed by atoms with Gasteiger partial charge >= 0.3 is 0 Å². The number of methoxy groups -OCH3 is 1. The first kappa shape index (κ1) is 23.4. The number of fused-ring (bicyclic) bond motifs is 2. The van der Waals surface area contributed by atoms with Gasteiger partial charge in [-0.2, -0.15) is 0 Å². The van der Waals surface area contributed by atoms with Crippen molar-refractivity contribution in [3.05, 3.63) is 53.5 Å². The number of aromatic nitrogens is 2. The van der Waals surface area contributed by atoms with Gasteiger partial charge in [-0.15, -0.1) is 0 Å². The second kappa shape index (κ2) is 10.1. The summed E-state index contributed by atoms with van der Waals surface area (Å²) >= 11 is 0. The first-order valence-corrected chi connectivity index (χ1v) is 11.9.